The number of nitrogens with zero attached hydrogens (tertiary/aromatic N) is 1. The van der Waals surface area contributed by atoms with Crippen LogP contribution < -0.4 is 5.73 Å². The third kappa shape index (κ3) is 1.54. The van der Waals surface area contributed by atoms with E-state index in [0.29, 0.717) is 16.0 Å². The third-order valence-electron chi connectivity index (χ3n) is 5.37. The van der Waals surface area contributed by atoms with E-state index in [1.807, 2.05) is 6.07 Å². The number of nitrogens with one attached hydrogen (secondary N) is 1. The summed E-state index contributed by atoms with van der Waals surface area (Å²) in [5, 5.41) is 0. The van der Waals surface area contributed by atoms with Gasteiger partial charge in [-0.2, -0.15) is 0 Å². The van der Waals surface area contributed by atoms with Crippen LogP contribution in [0.5, 0.6) is 0 Å². The van der Waals surface area contributed by atoms with E-state index in [-0.39, 0.29) is 0 Å². The molecule has 4 bridgehead atoms. The standard InChI is InChI=1S/C14H19N3S/c15-12-4-11(16-13(18)17-12)14-5-8-1-9(6-14)3-10(2-8)7-14/h4,8-10H,1-3,5-7H2,(H3,15,16,17,18). The molecule has 5 rings (SSSR count). The Morgan fingerprint density at radius 1 is 1.17 bits per heavy atom. The Balaban J connectivity index is 1.81. The van der Waals surface area contributed by atoms with Crippen molar-refractivity contribution in [3.63, 3.8) is 0 Å². The quantitative estimate of drug-likeness (QED) is 0.763. The van der Waals surface area contributed by atoms with Gasteiger partial charge in [0.25, 0.3) is 0 Å². The van der Waals surface area contributed by atoms with Crippen LogP contribution in [0.2, 0.25) is 0 Å². The van der Waals surface area contributed by atoms with E-state index in [4.69, 9.17) is 18.0 Å². The molecule has 0 atom stereocenters. The monoisotopic (exact) mass is 261 g/mol. The van der Waals surface area contributed by atoms with Gasteiger partial charge in [-0.3, -0.25) is 0 Å². The molecule has 0 amide bonds. The van der Waals surface area contributed by atoms with Gasteiger partial charge in [0.1, 0.15) is 5.82 Å². The number of aromatic amines is 1. The van der Waals surface area contributed by atoms with E-state index in [0.717, 1.165) is 17.8 Å². The number of nitrogens with two attached hydrogens (primary N) is 1. The van der Waals surface area contributed by atoms with Crippen LogP contribution in [0.15, 0.2) is 6.07 Å². The average Bonchev–Trinajstić information content (AvgIpc) is 2.25. The van der Waals surface area contributed by atoms with E-state index in [1.54, 1.807) is 0 Å². The zero-order chi connectivity index (χ0) is 12.3. The lowest BCUT2D eigenvalue weighted by Crippen LogP contribution is -2.49. The zero-order valence-electron chi connectivity index (χ0n) is 10.5. The number of anilines is 1. The molecule has 1 aromatic heterocycles. The first kappa shape index (κ1) is 11.0. The molecule has 3 N–H and O–H groups in total. The first-order valence-electron chi connectivity index (χ1n) is 7.00. The maximum atomic E-state index is 5.88. The summed E-state index contributed by atoms with van der Waals surface area (Å²) in [5.74, 6) is 3.39. The summed E-state index contributed by atoms with van der Waals surface area (Å²) in [5.41, 5.74) is 7.48. The van der Waals surface area contributed by atoms with Crippen molar-refractivity contribution < 1.29 is 0 Å². The molecule has 18 heavy (non-hydrogen) atoms. The highest BCUT2D eigenvalue weighted by molar-refractivity contribution is 7.71. The first-order chi connectivity index (χ1) is 8.63. The highest BCUT2D eigenvalue weighted by Gasteiger charge is 2.52. The molecule has 4 fully saturated rings. The van der Waals surface area contributed by atoms with Crippen LogP contribution >= 0.6 is 12.2 Å². The second-order valence-electron chi connectivity index (χ2n) is 6.72. The normalized spacial score (nSPS) is 41.2. The molecule has 4 heteroatoms. The number of hydrogen-bond donors (Lipinski definition) is 2. The molecule has 0 radical (unpaired) electrons. The van der Waals surface area contributed by atoms with E-state index < -0.39 is 0 Å². The van der Waals surface area contributed by atoms with Crippen LogP contribution in [0.4, 0.5) is 5.82 Å². The predicted molar refractivity (Wildman–Crippen MR) is 73.7 cm³/mol. The minimum Gasteiger partial charge on any atom is -0.384 e. The van der Waals surface area contributed by atoms with Crippen LogP contribution in [0, 0.1) is 22.5 Å². The molecule has 0 aliphatic heterocycles. The van der Waals surface area contributed by atoms with Crippen molar-refractivity contribution in [3.8, 4) is 0 Å². The molecule has 1 aromatic rings. The van der Waals surface area contributed by atoms with E-state index in [1.165, 1.54) is 44.2 Å². The highest BCUT2D eigenvalue weighted by atomic mass is 32.1. The summed E-state index contributed by atoms with van der Waals surface area (Å²) in [6.07, 6.45) is 8.36. The van der Waals surface area contributed by atoms with Gasteiger partial charge in [0, 0.05) is 17.2 Å². The molecular formula is C14H19N3S. The maximum Gasteiger partial charge on any atom is 0.198 e. The maximum absolute atomic E-state index is 5.88. The fraction of sp³-hybridized carbons (Fsp3) is 0.714. The Kier molecular flexibility index (Phi) is 2.17. The van der Waals surface area contributed by atoms with Crippen LogP contribution in [0.1, 0.15) is 44.2 Å². The lowest BCUT2D eigenvalue weighted by Gasteiger charge is -2.56. The van der Waals surface area contributed by atoms with Crippen molar-refractivity contribution in [2.45, 2.75) is 43.9 Å². The first-order valence-corrected chi connectivity index (χ1v) is 7.41. The lowest BCUT2D eigenvalue weighted by molar-refractivity contribution is -0.00727. The number of rotatable bonds is 1. The van der Waals surface area contributed by atoms with E-state index >= 15 is 0 Å². The van der Waals surface area contributed by atoms with Gasteiger partial charge in [-0.1, -0.05) is 0 Å². The van der Waals surface area contributed by atoms with Gasteiger partial charge in [0.15, 0.2) is 4.77 Å². The van der Waals surface area contributed by atoms with Crippen molar-refractivity contribution >= 4 is 18.0 Å². The number of hydrogen-bond acceptors (Lipinski definition) is 3. The second kappa shape index (κ2) is 3.56. The summed E-state index contributed by atoms with van der Waals surface area (Å²) in [6, 6.07) is 2.03. The molecule has 4 aliphatic rings. The Morgan fingerprint density at radius 3 is 2.22 bits per heavy atom. The van der Waals surface area contributed by atoms with E-state index in [9.17, 15) is 0 Å². The van der Waals surface area contributed by atoms with Crippen LogP contribution in [0.3, 0.4) is 0 Å². The number of nitrogen functional groups attached to an aromatic ring is 1. The Bertz CT molecular complexity index is 513. The molecule has 3 nitrogen and oxygen atoms in total. The molecule has 0 aromatic carbocycles. The smallest absolute Gasteiger partial charge is 0.198 e. The van der Waals surface area contributed by atoms with Crippen molar-refractivity contribution in [2.24, 2.45) is 17.8 Å². The molecule has 0 unspecified atom stereocenters. The van der Waals surface area contributed by atoms with Crippen molar-refractivity contribution in [2.75, 3.05) is 5.73 Å². The van der Waals surface area contributed by atoms with Crippen LogP contribution in [-0.2, 0) is 5.41 Å². The largest absolute Gasteiger partial charge is 0.384 e. The van der Waals surface area contributed by atoms with E-state index in [2.05, 4.69) is 9.97 Å². The fourth-order valence-electron chi connectivity index (χ4n) is 5.20. The summed E-state index contributed by atoms with van der Waals surface area (Å²) >= 11 is 5.20. The molecule has 4 saturated carbocycles. The Morgan fingerprint density at radius 2 is 1.72 bits per heavy atom. The number of H-pyrrole nitrogens is 1. The fourth-order valence-corrected chi connectivity index (χ4v) is 5.42. The molecule has 4 aliphatic carbocycles. The van der Waals surface area contributed by atoms with Crippen molar-refractivity contribution in [1.82, 2.24) is 9.97 Å². The van der Waals surface area contributed by atoms with Crippen LogP contribution in [0.25, 0.3) is 0 Å². The predicted octanol–water partition coefficient (Wildman–Crippen LogP) is 3.19. The Hall–Kier alpha value is -0.900. The average molecular weight is 261 g/mol. The SMILES string of the molecule is Nc1cc(C23CC4CC(CC(C4)C2)C3)[nH]c(=S)n1. The minimum atomic E-state index is 0.333. The zero-order valence-corrected chi connectivity index (χ0v) is 11.3. The van der Waals surface area contributed by atoms with Gasteiger partial charge < -0.3 is 10.7 Å². The lowest BCUT2D eigenvalue weighted by atomic mass is 9.49. The van der Waals surface area contributed by atoms with Crippen molar-refractivity contribution in [1.29, 1.82) is 0 Å². The van der Waals surface area contributed by atoms with Gasteiger partial charge in [-0.25, -0.2) is 4.98 Å². The molecule has 0 spiro atoms. The third-order valence-corrected chi connectivity index (χ3v) is 5.57. The highest BCUT2D eigenvalue weighted by Crippen LogP contribution is 2.60. The molecular weight excluding hydrogens is 242 g/mol. The van der Waals surface area contributed by atoms with Gasteiger partial charge >= 0.3 is 0 Å². The molecule has 96 valence electrons. The topological polar surface area (TPSA) is 54.7 Å². The molecule has 1 heterocycles. The van der Waals surface area contributed by atoms with Crippen LogP contribution in [-0.4, -0.2) is 9.97 Å². The summed E-state index contributed by atoms with van der Waals surface area (Å²) in [6.45, 7) is 0. The van der Waals surface area contributed by atoms with Gasteiger partial charge in [-0.15, -0.1) is 0 Å². The van der Waals surface area contributed by atoms with Gasteiger partial charge in [-0.05, 0) is 68.5 Å². The summed E-state index contributed by atoms with van der Waals surface area (Å²) < 4.78 is 0.542. The number of aromatic nitrogens is 2. The molecule has 0 saturated heterocycles. The van der Waals surface area contributed by atoms with Gasteiger partial charge in [0.2, 0.25) is 0 Å². The summed E-state index contributed by atoms with van der Waals surface area (Å²) in [4.78, 5) is 7.43. The van der Waals surface area contributed by atoms with Crippen molar-refractivity contribution in [3.05, 3.63) is 16.5 Å². The van der Waals surface area contributed by atoms with Gasteiger partial charge in [0.05, 0.1) is 0 Å². The second-order valence-corrected chi connectivity index (χ2v) is 7.11. The summed E-state index contributed by atoms with van der Waals surface area (Å²) in [7, 11) is 0. The minimum absolute atomic E-state index is 0.333. The Labute approximate surface area is 112 Å².